The zero-order chi connectivity index (χ0) is 24.2. The summed E-state index contributed by atoms with van der Waals surface area (Å²) in [7, 11) is 0. The number of aliphatic carboxylic acids is 1. The first-order valence-corrected chi connectivity index (χ1v) is 9.44. The van der Waals surface area contributed by atoms with Gasteiger partial charge in [0.25, 0.3) is 0 Å². The van der Waals surface area contributed by atoms with Crippen molar-refractivity contribution in [2.45, 2.75) is 30.7 Å². The highest BCUT2D eigenvalue weighted by atomic mass is 16.7. The molecule has 2 aliphatic rings. The predicted molar refractivity (Wildman–Crippen MR) is 103 cm³/mol. The second-order valence-corrected chi connectivity index (χ2v) is 7.42. The van der Waals surface area contributed by atoms with Crippen molar-refractivity contribution in [2.75, 3.05) is 0 Å². The Hall–Kier alpha value is -3.84. The SMILES string of the molecule is O=C(O[C@@H]1O[C@@H](C(=O)O)[C@H](O)[C@@H](O)[C@@H]1O)c1cc(O)c2c(c1)C(=O)c1cccc(O)c1C2=O. The van der Waals surface area contributed by atoms with E-state index < -0.39 is 76.8 Å². The van der Waals surface area contributed by atoms with E-state index in [1.165, 1.54) is 18.2 Å². The lowest BCUT2D eigenvalue weighted by molar-refractivity contribution is -0.278. The van der Waals surface area contributed by atoms with Gasteiger partial charge in [-0.05, 0) is 18.2 Å². The van der Waals surface area contributed by atoms with E-state index in [1.54, 1.807) is 0 Å². The summed E-state index contributed by atoms with van der Waals surface area (Å²) < 4.78 is 9.75. The molecule has 172 valence electrons. The Kier molecular flexibility index (Phi) is 5.38. The average Bonchev–Trinajstić information content (AvgIpc) is 2.76. The third-order valence-corrected chi connectivity index (χ3v) is 5.38. The number of fused-ring (bicyclic) bond motifs is 2. The smallest absolute Gasteiger partial charge is 0.340 e. The largest absolute Gasteiger partial charge is 0.507 e. The van der Waals surface area contributed by atoms with E-state index in [-0.39, 0.29) is 16.7 Å². The number of phenols is 2. The second kappa shape index (κ2) is 7.94. The van der Waals surface area contributed by atoms with Crippen LogP contribution in [0.2, 0.25) is 0 Å². The van der Waals surface area contributed by atoms with Crippen molar-refractivity contribution in [1.29, 1.82) is 0 Å². The molecule has 0 bridgehead atoms. The van der Waals surface area contributed by atoms with Crippen LogP contribution < -0.4 is 0 Å². The Morgan fingerprint density at radius 3 is 2.18 bits per heavy atom. The van der Waals surface area contributed by atoms with Crippen molar-refractivity contribution in [3.63, 3.8) is 0 Å². The lowest BCUT2D eigenvalue weighted by Gasteiger charge is -2.37. The van der Waals surface area contributed by atoms with Crippen LogP contribution in [0.25, 0.3) is 0 Å². The van der Waals surface area contributed by atoms with Gasteiger partial charge in [0.05, 0.1) is 16.7 Å². The molecule has 1 aliphatic heterocycles. The number of ether oxygens (including phenoxy) is 2. The highest BCUT2D eigenvalue weighted by molar-refractivity contribution is 6.30. The summed E-state index contributed by atoms with van der Waals surface area (Å²) in [4.78, 5) is 49.4. The van der Waals surface area contributed by atoms with Crippen molar-refractivity contribution in [3.05, 3.63) is 58.1 Å². The summed E-state index contributed by atoms with van der Waals surface area (Å²) in [6.45, 7) is 0. The number of hydrogen-bond donors (Lipinski definition) is 6. The molecule has 0 spiro atoms. The van der Waals surface area contributed by atoms with Crippen LogP contribution in [0.5, 0.6) is 11.5 Å². The fourth-order valence-corrected chi connectivity index (χ4v) is 3.72. The van der Waals surface area contributed by atoms with Crippen LogP contribution in [0.3, 0.4) is 0 Å². The molecule has 5 atom stereocenters. The third-order valence-electron chi connectivity index (χ3n) is 5.38. The molecular formula is C21H16O12. The van der Waals surface area contributed by atoms with Crippen LogP contribution in [0.4, 0.5) is 0 Å². The lowest BCUT2D eigenvalue weighted by atomic mass is 9.82. The Morgan fingerprint density at radius 2 is 1.52 bits per heavy atom. The van der Waals surface area contributed by atoms with Crippen LogP contribution in [-0.4, -0.2) is 84.9 Å². The maximum Gasteiger partial charge on any atom is 0.340 e. The molecular weight excluding hydrogens is 444 g/mol. The molecule has 2 aromatic carbocycles. The zero-order valence-corrected chi connectivity index (χ0v) is 16.4. The number of benzene rings is 2. The van der Waals surface area contributed by atoms with Gasteiger partial charge in [-0.25, -0.2) is 9.59 Å². The van der Waals surface area contributed by atoms with E-state index in [0.29, 0.717) is 0 Å². The van der Waals surface area contributed by atoms with Crippen molar-refractivity contribution in [2.24, 2.45) is 0 Å². The number of esters is 1. The number of carbonyl (C=O) groups excluding carboxylic acids is 3. The normalized spacial score (nSPS) is 26.3. The average molecular weight is 460 g/mol. The molecule has 0 unspecified atom stereocenters. The lowest BCUT2D eigenvalue weighted by Crippen LogP contribution is -2.60. The maximum atomic E-state index is 12.9. The number of carboxylic acids is 1. The molecule has 0 aromatic heterocycles. The molecule has 12 heteroatoms. The molecule has 0 radical (unpaired) electrons. The molecule has 6 N–H and O–H groups in total. The van der Waals surface area contributed by atoms with Gasteiger partial charge in [-0.2, -0.15) is 0 Å². The summed E-state index contributed by atoms with van der Waals surface area (Å²) in [5.41, 5.74) is -1.70. The van der Waals surface area contributed by atoms with Gasteiger partial charge in [-0.1, -0.05) is 12.1 Å². The van der Waals surface area contributed by atoms with Crippen LogP contribution in [0.15, 0.2) is 30.3 Å². The first kappa shape index (κ1) is 22.4. The first-order chi connectivity index (χ1) is 15.5. The number of aliphatic hydroxyl groups is 3. The number of aromatic hydroxyl groups is 2. The minimum Gasteiger partial charge on any atom is -0.507 e. The number of ketones is 2. The molecule has 4 rings (SSSR count). The van der Waals surface area contributed by atoms with E-state index in [0.717, 1.165) is 12.1 Å². The van der Waals surface area contributed by atoms with E-state index in [2.05, 4.69) is 0 Å². The fraction of sp³-hybridized carbons (Fsp3) is 0.238. The molecule has 1 aliphatic carbocycles. The Balaban J connectivity index is 1.66. The summed E-state index contributed by atoms with van der Waals surface area (Å²) in [5.74, 6) is -5.83. The Morgan fingerprint density at radius 1 is 0.848 bits per heavy atom. The maximum absolute atomic E-state index is 12.9. The van der Waals surface area contributed by atoms with Gasteiger partial charge in [0, 0.05) is 11.1 Å². The quantitative estimate of drug-likeness (QED) is 0.258. The number of carbonyl (C=O) groups is 4. The first-order valence-electron chi connectivity index (χ1n) is 9.44. The highest BCUT2D eigenvalue weighted by Crippen LogP contribution is 2.37. The third kappa shape index (κ3) is 3.50. The molecule has 1 fully saturated rings. The molecule has 0 saturated carbocycles. The van der Waals surface area contributed by atoms with Gasteiger partial charge >= 0.3 is 11.9 Å². The molecule has 0 amide bonds. The van der Waals surface area contributed by atoms with Gasteiger partial charge in [-0.15, -0.1) is 0 Å². The van der Waals surface area contributed by atoms with Crippen molar-refractivity contribution >= 4 is 23.5 Å². The number of rotatable bonds is 3. The molecule has 1 heterocycles. The number of hydrogen-bond acceptors (Lipinski definition) is 11. The summed E-state index contributed by atoms with van der Waals surface area (Å²) in [6.07, 6.45) is -10.0. The molecule has 12 nitrogen and oxygen atoms in total. The van der Waals surface area contributed by atoms with E-state index in [4.69, 9.17) is 14.6 Å². The molecule has 33 heavy (non-hydrogen) atoms. The van der Waals surface area contributed by atoms with Gasteiger partial charge in [-0.3, -0.25) is 9.59 Å². The molecule has 2 aromatic rings. The van der Waals surface area contributed by atoms with Gasteiger partial charge < -0.3 is 40.1 Å². The van der Waals surface area contributed by atoms with E-state index in [1.807, 2.05) is 0 Å². The minimum absolute atomic E-state index is 0.148. The summed E-state index contributed by atoms with van der Waals surface area (Å²) in [5, 5.41) is 58.9. The predicted octanol–water partition coefficient (Wildman–Crippen LogP) is -1.08. The number of phenolic OH excluding ortho intramolecular Hbond substituents is 2. The number of aliphatic hydroxyl groups excluding tert-OH is 3. The summed E-state index contributed by atoms with van der Waals surface area (Å²) >= 11 is 0. The van der Waals surface area contributed by atoms with Gasteiger partial charge in [0.15, 0.2) is 11.9 Å². The van der Waals surface area contributed by atoms with E-state index in [9.17, 15) is 44.7 Å². The summed E-state index contributed by atoms with van der Waals surface area (Å²) in [6, 6.07) is 5.56. The Labute approximate surface area is 183 Å². The fourth-order valence-electron chi connectivity index (χ4n) is 3.72. The van der Waals surface area contributed by atoms with Crippen molar-refractivity contribution in [1.82, 2.24) is 0 Å². The van der Waals surface area contributed by atoms with E-state index >= 15 is 0 Å². The topological polar surface area (TPSA) is 208 Å². The van der Waals surface area contributed by atoms with Crippen LogP contribution in [0, 0.1) is 0 Å². The molecule has 1 saturated heterocycles. The zero-order valence-electron chi connectivity index (χ0n) is 16.4. The van der Waals surface area contributed by atoms with Crippen molar-refractivity contribution in [3.8, 4) is 11.5 Å². The number of carboxylic acid groups (broad SMARTS) is 1. The minimum atomic E-state index is -2.02. The monoisotopic (exact) mass is 460 g/mol. The van der Waals surface area contributed by atoms with Gasteiger partial charge in [0.2, 0.25) is 12.1 Å². The second-order valence-electron chi connectivity index (χ2n) is 7.42. The van der Waals surface area contributed by atoms with Crippen LogP contribution in [0.1, 0.15) is 42.2 Å². The Bertz CT molecular complexity index is 1200. The van der Waals surface area contributed by atoms with Gasteiger partial charge in [0.1, 0.15) is 29.8 Å². The highest BCUT2D eigenvalue weighted by Gasteiger charge is 2.48. The standard InChI is InChI=1S/C21H16O12/c22-9-3-1-2-7-11(9)14(25)12-8(13(7)24)4-6(5-10(12)23)20(31)33-21-17(28)15(26)16(27)18(32-21)19(29)30/h1-5,15-18,21-23,26-28H,(H,29,30)/t15-,16-,17+,18-,21+/m1/s1. The van der Waals surface area contributed by atoms with Crippen molar-refractivity contribution < 1.29 is 59.3 Å². The van der Waals surface area contributed by atoms with Crippen LogP contribution in [-0.2, 0) is 14.3 Å². The van der Waals surface area contributed by atoms with Crippen LogP contribution >= 0.6 is 0 Å².